The van der Waals surface area contributed by atoms with Crippen molar-refractivity contribution in [1.82, 2.24) is 0 Å². The van der Waals surface area contributed by atoms with Gasteiger partial charge in [0, 0.05) is 44.6 Å². The number of carbonyl (C=O) groups excluding carboxylic acids is 2. The molecule has 34 heavy (non-hydrogen) atoms. The number of ketones is 2. The normalized spacial score (nSPS) is 16.9. The first-order valence-electron chi connectivity index (χ1n) is 9.99. The molecule has 1 heterocycles. The number of rotatable bonds is 1. The van der Waals surface area contributed by atoms with Crippen LogP contribution in [0.2, 0.25) is 20.1 Å². The molecule has 1 aliphatic heterocycles. The van der Waals surface area contributed by atoms with Crippen LogP contribution in [0.4, 0.5) is 11.4 Å². The molecule has 0 atom stereocenters. The van der Waals surface area contributed by atoms with E-state index in [1.807, 2.05) is 4.90 Å². The van der Waals surface area contributed by atoms with Gasteiger partial charge in [0.2, 0.25) is 5.78 Å². The summed E-state index contributed by atoms with van der Waals surface area (Å²) in [5, 5.41) is 2.57. The molecule has 3 aromatic rings. The fourth-order valence-corrected chi connectivity index (χ4v) is 5.14. The lowest BCUT2D eigenvalue weighted by Gasteiger charge is -2.29. The zero-order valence-electron chi connectivity index (χ0n) is 17.6. The molecule has 0 aromatic heterocycles. The van der Waals surface area contributed by atoms with E-state index in [1.54, 1.807) is 56.4 Å². The fourth-order valence-electron chi connectivity index (χ4n) is 4.14. The quantitative estimate of drug-likeness (QED) is 0.305. The third-order valence-electron chi connectivity index (χ3n) is 5.90. The molecular formula is C25H13Cl5N2O2. The number of halogens is 5. The maximum Gasteiger partial charge on any atom is 0.205 e. The van der Waals surface area contributed by atoms with Gasteiger partial charge in [0.15, 0.2) is 5.78 Å². The monoisotopic (exact) mass is 548 g/mol. The van der Waals surface area contributed by atoms with Crippen LogP contribution < -0.4 is 4.90 Å². The SMILES string of the molecule is CC1=Nc2cc(Cl)c(Cl)cc2N(C)/C1=C/C1=C(Cl)C(=O)c2cc3c(Cl)ccc(Cl)c3cc2C1=O. The van der Waals surface area contributed by atoms with Gasteiger partial charge in [-0.3, -0.25) is 9.59 Å². The maximum absolute atomic E-state index is 13.5. The first-order chi connectivity index (χ1) is 16.1. The highest BCUT2D eigenvalue weighted by Gasteiger charge is 2.33. The van der Waals surface area contributed by atoms with E-state index in [2.05, 4.69) is 4.99 Å². The number of allylic oxidation sites excluding steroid dienone is 4. The Hall–Kier alpha value is -2.34. The van der Waals surface area contributed by atoms with Gasteiger partial charge in [0.1, 0.15) is 0 Å². The second-order valence-corrected chi connectivity index (χ2v) is 9.91. The summed E-state index contributed by atoms with van der Waals surface area (Å²) in [6.07, 6.45) is 1.57. The molecule has 0 saturated carbocycles. The molecular weight excluding hydrogens is 538 g/mol. The van der Waals surface area contributed by atoms with Crippen LogP contribution in [-0.2, 0) is 0 Å². The van der Waals surface area contributed by atoms with Crippen molar-refractivity contribution in [3.05, 3.63) is 90.0 Å². The highest BCUT2D eigenvalue weighted by atomic mass is 35.5. The van der Waals surface area contributed by atoms with Crippen molar-refractivity contribution in [2.75, 3.05) is 11.9 Å². The van der Waals surface area contributed by atoms with Crippen LogP contribution in [0.5, 0.6) is 0 Å². The average Bonchev–Trinajstić information content (AvgIpc) is 2.80. The summed E-state index contributed by atoms with van der Waals surface area (Å²) in [5.41, 5.74) is 3.00. The van der Waals surface area contributed by atoms with Gasteiger partial charge in [-0.15, -0.1) is 0 Å². The Morgan fingerprint density at radius 3 is 1.97 bits per heavy atom. The number of hydrogen-bond donors (Lipinski definition) is 0. The standard InChI is InChI=1S/C25H13Cl5N2O2/c1-10-21(32(2)22-9-19(29)18(28)8-20(22)31-10)7-15-23(30)25(34)14-6-12-11(5-13(14)24(15)33)16(26)3-4-17(12)27/h3-9H,1-2H3/b21-7+. The summed E-state index contributed by atoms with van der Waals surface area (Å²) in [7, 11) is 1.81. The number of anilines is 1. The van der Waals surface area contributed by atoms with E-state index in [9.17, 15) is 9.59 Å². The van der Waals surface area contributed by atoms with Crippen molar-refractivity contribution in [2.45, 2.75) is 6.92 Å². The summed E-state index contributed by atoms with van der Waals surface area (Å²) in [6.45, 7) is 1.79. The molecule has 1 aliphatic carbocycles. The van der Waals surface area contributed by atoms with E-state index in [1.165, 1.54) is 0 Å². The minimum atomic E-state index is -0.468. The van der Waals surface area contributed by atoms with Crippen molar-refractivity contribution in [2.24, 2.45) is 4.99 Å². The average molecular weight is 551 g/mol. The van der Waals surface area contributed by atoms with Crippen molar-refractivity contribution in [3.63, 3.8) is 0 Å². The first-order valence-corrected chi connectivity index (χ1v) is 11.9. The largest absolute Gasteiger partial charge is 0.341 e. The van der Waals surface area contributed by atoms with Crippen molar-refractivity contribution in [1.29, 1.82) is 0 Å². The van der Waals surface area contributed by atoms with Crippen LogP contribution in [0.25, 0.3) is 10.8 Å². The predicted molar refractivity (Wildman–Crippen MR) is 141 cm³/mol. The van der Waals surface area contributed by atoms with E-state index in [4.69, 9.17) is 58.0 Å². The molecule has 2 aliphatic rings. The maximum atomic E-state index is 13.5. The minimum Gasteiger partial charge on any atom is -0.341 e. The summed E-state index contributed by atoms with van der Waals surface area (Å²) >= 11 is 31.4. The van der Waals surface area contributed by atoms with Gasteiger partial charge in [-0.2, -0.15) is 0 Å². The number of Topliss-reactive ketones (excluding diaryl/α,β-unsaturated/α-hetero) is 2. The van der Waals surface area contributed by atoms with Crippen molar-refractivity contribution < 1.29 is 9.59 Å². The molecule has 0 N–H and O–H groups in total. The molecule has 9 heteroatoms. The van der Waals surface area contributed by atoms with Crippen LogP contribution in [0.1, 0.15) is 27.6 Å². The minimum absolute atomic E-state index is 0.0663. The third kappa shape index (κ3) is 3.57. The van der Waals surface area contributed by atoms with E-state index in [-0.39, 0.29) is 21.7 Å². The molecule has 0 unspecified atom stereocenters. The Balaban J connectivity index is 1.67. The topological polar surface area (TPSA) is 49.7 Å². The number of benzene rings is 3. The Morgan fingerprint density at radius 2 is 1.35 bits per heavy atom. The van der Waals surface area contributed by atoms with E-state index in [0.717, 1.165) is 0 Å². The van der Waals surface area contributed by atoms with Gasteiger partial charge in [-0.1, -0.05) is 58.0 Å². The molecule has 0 fully saturated rings. The molecule has 0 bridgehead atoms. The second kappa shape index (κ2) is 8.40. The predicted octanol–water partition coefficient (Wildman–Crippen LogP) is 8.45. The highest BCUT2D eigenvalue weighted by Crippen LogP contribution is 2.42. The van der Waals surface area contributed by atoms with Crippen molar-refractivity contribution in [3.8, 4) is 0 Å². The zero-order chi connectivity index (χ0) is 24.5. The van der Waals surface area contributed by atoms with Crippen LogP contribution in [0.15, 0.2) is 63.8 Å². The van der Waals surface area contributed by atoms with Gasteiger partial charge >= 0.3 is 0 Å². The summed E-state index contributed by atoms with van der Waals surface area (Å²) in [4.78, 5) is 33.1. The Labute approximate surface area is 220 Å². The molecule has 0 amide bonds. The molecule has 5 rings (SSSR count). The van der Waals surface area contributed by atoms with Crippen LogP contribution in [0, 0.1) is 0 Å². The molecule has 3 aromatic carbocycles. The van der Waals surface area contributed by atoms with E-state index in [0.29, 0.717) is 53.6 Å². The molecule has 0 saturated heterocycles. The number of aliphatic imine (C=N–C) groups is 1. The van der Waals surface area contributed by atoms with Gasteiger partial charge < -0.3 is 4.90 Å². The number of carbonyl (C=O) groups is 2. The number of hydrogen-bond acceptors (Lipinski definition) is 4. The molecule has 170 valence electrons. The lowest BCUT2D eigenvalue weighted by atomic mass is 9.86. The smallest absolute Gasteiger partial charge is 0.205 e. The molecule has 4 nitrogen and oxygen atoms in total. The number of fused-ring (bicyclic) bond motifs is 3. The van der Waals surface area contributed by atoms with Crippen LogP contribution >= 0.6 is 58.0 Å². The van der Waals surface area contributed by atoms with Crippen LogP contribution in [0.3, 0.4) is 0 Å². The van der Waals surface area contributed by atoms with Gasteiger partial charge in [0.05, 0.1) is 37.9 Å². The Bertz CT molecular complexity index is 1570. The highest BCUT2D eigenvalue weighted by molar-refractivity contribution is 6.51. The lowest BCUT2D eigenvalue weighted by Crippen LogP contribution is -2.26. The zero-order valence-corrected chi connectivity index (χ0v) is 21.4. The van der Waals surface area contributed by atoms with Gasteiger partial charge in [0.25, 0.3) is 0 Å². The Morgan fingerprint density at radius 1 is 0.794 bits per heavy atom. The number of nitrogens with zero attached hydrogens (tertiary/aromatic N) is 2. The summed E-state index contributed by atoms with van der Waals surface area (Å²) in [5.74, 6) is -0.865. The van der Waals surface area contributed by atoms with Gasteiger partial charge in [-0.25, -0.2) is 4.99 Å². The van der Waals surface area contributed by atoms with Gasteiger partial charge in [-0.05, 0) is 49.4 Å². The molecule has 0 spiro atoms. The lowest BCUT2D eigenvalue weighted by molar-refractivity contribution is 0.0984. The second-order valence-electron chi connectivity index (χ2n) is 7.90. The summed E-state index contributed by atoms with van der Waals surface area (Å²) < 4.78 is 0. The van der Waals surface area contributed by atoms with Crippen LogP contribution in [-0.4, -0.2) is 24.3 Å². The molecule has 0 radical (unpaired) electrons. The Kier molecular flexibility index (Phi) is 5.78. The van der Waals surface area contributed by atoms with E-state index < -0.39 is 11.6 Å². The van der Waals surface area contributed by atoms with Crippen molar-refractivity contribution >= 4 is 97.4 Å². The first kappa shape index (κ1) is 23.4. The third-order valence-corrected chi connectivity index (χ3v) is 7.65. The fraction of sp³-hybridized carbons (Fsp3) is 0.0800. The van der Waals surface area contributed by atoms with E-state index >= 15 is 0 Å². The summed E-state index contributed by atoms with van der Waals surface area (Å²) in [6, 6.07) is 9.80.